The van der Waals surface area contributed by atoms with Crippen molar-refractivity contribution in [2.75, 3.05) is 5.32 Å². The molecule has 0 aliphatic heterocycles. The summed E-state index contributed by atoms with van der Waals surface area (Å²) in [5, 5.41) is 10.2. The molecule has 1 aromatic carbocycles. The molecule has 0 saturated carbocycles. The summed E-state index contributed by atoms with van der Waals surface area (Å²) in [5.74, 6) is -5.43. The van der Waals surface area contributed by atoms with Crippen LogP contribution < -0.4 is 10.6 Å². The zero-order valence-electron chi connectivity index (χ0n) is 13.0. The monoisotopic (exact) mass is 360 g/mol. The number of benzene rings is 1. The second-order valence-electron chi connectivity index (χ2n) is 5.25. The van der Waals surface area contributed by atoms with Crippen LogP contribution in [0.4, 0.5) is 23.4 Å². The van der Waals surface area contributed by atoms with E-state index in [-0.39, 0.29) is 12.1 Å². The molecule has 24 heavy (non-hydrogen) atoms. The number of aromatic nitrogens is 2. The highest BCUT2D eigenvalue weighted by Crippen LogP contribution is 2.20. The van der Waals surface area contributed by atoms with Gasteiger partial charge in [0.05, 0.1) is 12.1 Å². The first-order valence-electron chi connectivity index (χ1n) is 7.24. The summed E-state index contributed by atoms with van der Waals surface area (Å²) in [6, 6.07) is 1.87. The van der Waals surface area contributed by atoms with E-state index in [0.717, 1.165) is 11.1 Å². The maximum absolute atomic E-state index is 13.7. The lowest BCUT2D eigenvalue weighted by Crippen LogP contribution is -2.35. The first-order chi connectivity index (χ1) is 11.3. The molecule has 0 radical (unpaired) electrons. The molecule has 0 amide bonds. The third-order valence-electron chi connectivity index (χ3n) is 3.39. The molecule has 0 fully saturated rings. The summed E-state index contributed by atoms with van der Waals surface area (Å²) in [4.78, 5) is 0. The van der Waals surface area contributed by atoms with Gasteiger partial charge in [0.1, 0.15) is 0 Å². The molecule has 0 aliphatic carbocycles. The summed E-state index contributed by atoms with van der Waals surface area (Å²) in [5.41, 5.74) is -0.734. The fourth-order valence-corrected chi connectivity index (χ4v) is 2.22. The number of anilines is 1. The van der Waals surface area contributed by atoms with Crippen LogP contribution in [0.15, 0.2) is 18.3 Å². The van der Waals surface area contributed by atoms with Crippen molar-refractivity contribution in [3.8, 4) is 0 Å². The van der Waals surface area contributed by atoms with Gasteiger partial charge < -0.3 is 10.6 Å². The predicted octanol–water partition coefficient (Wildman–Crippen LogP) is 3.57. The van der Waals surface area contributed by atoms with Crippen molar-refractivity contribution in [3.05, 3.63) is 47.2 Å². The van der Waals surface area contributed by atoms with Gasteiger partial charge in [-0.15, -0.1) is 0 Å². The average Bonchev–Trinajstić information content (AvgIpc) is 2.96. The molecule has 0 bridgehead atoms. The number of hydrogen-bond donors (Lipinski definition) is 2. The molecule has 4 nitrogen and oxygen atoms in total. The van der Waals surface area contributed by atoms with Crippen LogP contribution in [0.2, 0.25) is 0 Å². The van der Waals surface area contributed by atoms with Gasteiger partial charge in [0.2, 0.25) is 0 Å². The fraction of sp³-hybridized carbons (Fsp3) is 0.333. The zero-order valence-corrected chi connectivity index (χ0v) is 13.9. The molecular weight excluding hydrogens is 344 g/mol. The fourth-order valence-electron chi connectivity index (χ4n) is 1.92. The minimum atomic E-state index is -1.45. The van der Waals surface area contributed by atoms with Crippen molar-refractivity contribution in [1.82, 2.24) is 15.1 Å². The maximum atomic E-state index is 13.7. The van der Waals surface area contributed by atoms with E-state index in [1.54, 1.807) is 0 Å². The van der Waals surface area contributed by atoms with E-state index < -0.39 is 35.4 Å². The van der Waals surface area contributed by atoms with E-state index in [0.29, 0.717) is 10.9 Å². The molecular formula is C15H16F4N4S. The highest BCUT2D eigenvalue weighted by molar-refractivity contribution is 7.80. The molecule has 2 aromatic rings. The lowest BCUT2D eigenvalue weighted by atomic mass is 10.2. The van der Waals surface area contributed by atoms with Gasteiger partial charge in [-0.1, -0.05) is 6.92 Å². The topological polar surface area (TPSA) is 41.9 Å². The Morgan fingerprint density at radius 3 is 2.46 bits per heavy atom. The SMILES string of the molecule is CCC(C)NC(=S)Nc1ccn(Cc2c(F)c(F)cc(F)c2F)n1. The molecule has 0 spiro atoms. The Kier molecular flexibility index (Phi) is 5.76. The van der Waals surface area contributed by atoms with Crippen LogP contribution in [-0.2, 0) is 6.54 Å². The van der Waals surface area contributed by atoms with Crippen molar-refractivity contribution >= 4 is 23.1 Å². The zero-order chi connectivity index (χ0) is 17.9. The summed E-state index contributed by atoms with van der Waals surface area (Å²) in [7, 11) is 0. The smallest absolute Gasteiger partial charge is 0.172 e. The van der Waals surface area contributed by atoms with E-state index >= 15 is 0 Å². The van der Waals surface area contributed by atoms with Crippen molar-refractivity contribution < 1.29 is 17.6 Å². The minimum Gasteiger partial charge on any atom is -0.360 e. The van der Waals surface area contributed by atoms with Crippen molar-refractivity contribution in [2.24, 2.45) is 0 Å². The third kappa shape index (κ3) is 4.22. The Morgan fingerprint density at radius 1 is 1.25 bits per heavy atom. The lowest BCUT2D eigenvalue weighted by molar-refractivity contribution is 0.431. The van der Waals surface area contributed by atoms with Gasteiger partial charge in [-0.3, -0.25) is 4.68 Å². The molecule has 0 aliphatic rings. The molecule has 130 valence electrons. The molecule has 2 N–H and O–H groups in total. The number of rotatable bonds is 5. The van der Waals surface area contributed by atoms with Gasteiger partial charge in [-0.05, 0) is 25.6 Å². The highest BCUT2D eigenvalue weighted by Gasteiger charge is 2.19. The average molecular weight is 360 g/mol. The first-order valence-corrected chi connectivity index (χ1v) is 7.65. The van der Waals surface area contributed by atoms with Gasteiger partial charge in [-0.2, -0.15) is 5.10 Å². The van der Waals surface area contributed by atoms with Crippen LogP contribution in [0.1, 0.15) is 25.8 Å². The molecule has 1 atom stereocenters. The van der Waals surface area contributed by atoms with E-state index in [1.807, 2.05) is 13.8 Å². The number of thiocarbonyl (C=S) groups is 1. The van der Waals surface area contributed by atoms with Crippen LogP contribution >= 0.6 is 12.2 Å². The second kappa shape index (κ2) is 7.61. The lowest BCUT2D eigenvalue weighted by Gasteiger charge is -2.13. The largest absolute Gasteiger partial charge is 0.360 e. The van der Waals surface area contributed by atoms with Gasteiger partial charge in [0.15, 0.2) is 34.2 Å². The predicted molar refractivity (Wildman–Crippen MR) is 86.7 cm³/mol. The maximum Gasteiger partial charge on any atom is 0.172 e. The molecule has 9 heteroatoms. The Bertz CT molecular complexity index is 721. The molecule has 1 unspecified atom stereocenters. The minimum absolute atomic E-state index is 0.170. The number of halogens is 4. The molecule has 1 heterocycles. The summed E-state index contributed by atoms with van der Waals surface area (Å²) < 4.78 is 54.9. The molecule has 0 saturated heterocycles. The summed E-state index contributed by atoms with van der Waals surface area (Å²) >= 11 is 5.10. The van der Waals surface area contributed by atoms with Crippen LogP contribution in [-0.4, -0.2) is 20.9 Å². The van der Waals surface area contributed by atoms with E-state index in [1.165, 1.54) is 12.3 Å². The van der Waals surface area contributed by atoms with Crippen molar-refractivity contribution in [2.45, 2.75) is 32.9 Å². The second-order valence-corrected chi connectivity index (χ2v) is 5.66. The van der Waals surface area contributed by atoms with Gasteiger partial charge in [0, 0.05) is 24.4 Å². The number of nitrogens with one attached hydrogen (secondary N) is 2. The quantitative estimate of drug-likeness (QED) is 0.486. The Labute approximate surface area is 141 Å². The van der Waals surface area contributed by atoms with Gasteiger partial charge in [0.25, 0.3) is 0 Å². The molecule has 2 rings (SSSR count). The van der Waals surface area contributed by atoms with E-state index in [2.05, 4.69) is 15.7 Å². The van der Waals surface area contributed by atoms with E-state index in [9.17, 15) is 17.6 Å². The van der Waals surface area contributed by atoms with Crippen LogP contribution in [0.3, 0.4) is 0 Å². The number of nitrogens with zero attached hydrogens (tertiary/aromatic N) is 2. The summed E-state index contributed by atoms with van der Waals surface area (Å²) in [6.07, 6.45) is 2.29. The Balaban J connectivity index is 2.11. The first kappa shape index (κ1) is 18.2. The third-order valence-corrected chi connectivity index (χ3v) is 3.61. The van der Waals surface area contributed by atoms with Crippen molar-refractivity contribution in [1.29, 1.82) is 0 Å². The van der Waals surface area contributed by atoms with Crippen LogP contribution in [0.25, 0.3) is 0 Å². The Hall–Kier alpha value is -2.16. The molecule has 1 aromatic heterocycles. The standard InChI is InChI=1S/C15H16F4N4S/c1-3-8(2)20-15(24)21-12-4-5-23(22-12)7-9-13(18)10(16)6-11(17)14(9)19/h4-6,8H,3,7H2,1-2H3,(H2,20,21,22,24). The Morgan fingerprint density at radius 2 is 1.88 bits per heavy atom. The highest BCUT2D eigenvalue weighted by atomic mass is 32.1. The number of hydrogen-bond acceptors (Lipinski definition) is 2. The van der Waals surface area contributed by atoms with Gasteiger partial charge >= 0.3 is 0 Å². The van der Waals surface area contributed by atoms with Crippen LogP contribution in [0.5, 0.6) is 0 Å². The van der Waals surface area contributed by atoms with Crippen molar-refractivity contribution in [3.63, 3.8) is 0 Å². The van der Waals surface area contributed by atoms with E-state index in [4.69, 9.17) is 12.2 Å². The summed E-state index contributed by atoms with van der Waals surface area (Å²) in [6.45, 7) is 3.49. The van der Waals surface area contributed by atoms with Crippen LogP contribution in [0, 0.1) is 23.3 Å². The normalized spacial score (nSPS) is 12.1. The van der Waals surface area contributed by atoms with Gasteiger partial charge in [-0.25, -0.2) is 17.6 Å².